The van der Waals surface area contributed by atoms with E-state index in [-0.39, 0.29) is 24.6 Å². The highest BCUT2D eigenvalue weighted by Crippen LogP contribution is 2.38. The van der Waals surface area contributed by atoms with E-state index in [0.717, 1.165) is 23.2 Å². The molecule has 1 aromatic rings. The number of ketones is 1. The molecule has 5 N–H and O–H groups in total. The van der Waals surface area contributed by atoms with Crippen LogP contribution >= 0.6 is 0 Å². The number of piperazine rings is 1. The molecule has 3 aliphatic rings. The van der Waals surface area contributed by atoms with Crippen molar-refractivity contribution in [2.45, 2.75) is 6.17 Å². The monoisotopic (exact) mass is 504 g/mol. The van der Waals surface area contributed by atoms with Gasteiger partial charge in [0.1, 0.15) is 46.5 Å². The number of aliphatic hydroxyl groups is 1. The van der Waals surface area contributed by atoms with Crippen molar-refractivity contribution in [2.24, 2.45) is 21.6 Å². The zero-order chi connectivity index (χ0) is 26.3. The number of aliphatic imine (C=N–C) groups is 2. The molecule has 3 aliphatic heterocycles. The average Bonchev–Trinajstić information content (AvgIpc) is 2.83. The first-order valence-corrected chi connectivity index (χ1v) is 10.7. The van der Waals surface area contributed by atoms with E-state index in [4.69, 9.17) is 5.73 Å². The number of rotatable bonds is 3. The molecule has 1 fully saturated rings. The van der Waals surface area contributed by atoms with Crippen molar-refractivity contribution in [2.75, 3.05) is 38.1 Å². The van der Waals surface area contributed by atoms with E-state index in [1.165, 1.54) is 7.05 Å². The van der Waals surface area contributed by atoms with Gasteiger partial charge in [-0.25, -0.2) is 23.4 Å². The van der Waals surface area contributed by atoms with Gasteiger partial charge in [0.05, 0.1) is 5.69 Å². The van der Waals surface area contributed by atoms with Crippen LogP contribution < -0.4 is 10.6 Å². The number of aliphatic hydroxyl groups excluding tert-OH is 1. The number of amidine groups is 1. The number of benzene rings is 1. The molecule has 190 valence electrons. The number of aliphatic carboxylic acids is 2. The summed E-state index contributed by atoms with van der Waals surface area (Å²) in [7, 11) is 1.53. The molecule has 0 radical (unpaired) electrons. The molecule has 12 nitrogen and oxygen atoms in total. The second-order valence-electron chi connectivity index (χ2n) is 8.18. The van der Waals surface area contributed by atoms with Crippen LogP contribution in [0.2, 0.25) is 0 Å². The van der Waals surface area contributed by atoms with Gasteiger partial charge < -0.3 is 35.8 Å². The van der Waals surface area contributed by atoms with Crippen molar-refractivity contribution in [1.82, 2.24) is 9.80 Å². The van der Waals surface area contributed by atoms with Gasteiger partial charge in [0, 0.05) is 45.5 Å². The van der Waals surface area contributed by atoms with Crippen LogP contribution in [0.25, 0.3) is 0 Å². The summed E-state index contributed by atoms with van der Waals surface area (Å²) in [5.41, 5.74) is 4.04. The average molecular weight is 504 g/mol. The Hall–Kier alpha value is -4.49. The van der Waals surface area contributed by atoms with E-state index < -0.39 is 58.3 Å². The number of nitrogens with two attached hydrogens (primary N) is 1. The summed E-state index contributed by atoms with van der Waals surface area (Å²) in [6.45, 7) is 1.15. The fourth-order valence-electron chi connectivity index (χ4n) is 4.40. The fourth-order valence-corrected chi connectivity index (χ4v) is 4.40. The summed E-state index contributed by atoms with van der Waals surface area (Å²) in [5.74, 6) is -8.83. The molecule has 0 aromatic heterocycles. The number of carbonyl (C=O) groups excluding carboxylic acids is 1. The third-order valence-electron chi connectivity index (χ3n) is 6.19. The number of fused-ring (bicyclic) bond motifs is 1. The van der Waals surface area contributed by atoms with Gasteiger partial charge in [0.2, 0.25) is 0 Å². The molecular weight excluding hydrogens is 482 g/mol. The second kappa shape index (κ2) is 9.28. The number of Topliss-reactive ketones (excluding diaryl/α,β-unsaturated/α-hetero) is 1. The van der Waals surface area contributed by atoms with Gasteiger partial charge >= 0.3 is 11.9 Å². The Morgan fingerprint density at radius 2 is 1.81 bits per heavy atom. The summed E-state index contributed by atoms with van der Waals surface area (Å²) in [4.78, 5) is 49.5. The molecule has 0 bridgehead atoms. The van der Waals surface area contributed by atoms with Crippen LogP contribution in [0.15, 0.2) is 51.3 Å². The highest BCUT2D eigenvalue weighted by atomic mass is 19.1. The van der Waals surface area contributed by atoms with Crippen molar-refractivity contribution in [3.8, 4) is 0 Å². The largest absolute Gasteiger partial charge is 0.510 e. The second-order valence-corrected chi connectivity index (χ2v) is 8.18. The molecule has 1 saturated heterocycles. The SMILES string of the molecule is CN=C(N)N1CCN(C2=NC3C(C(=O)C(C(=O)O)=CN3c3ccc(F)cc3F)C(O)=C2C(=O)O)CC1. The number of dihydropyridines is 1. The van der Waals surface area contributed by atoms with Crippen molar-refractivity contribution >= 4 is 35.2 Å². The molecule has 4 rings (SSSR count). The van der Waals surface area contributed by atoms with Gasteiger partial charge in [0.15, 0.2) is 11.7 Å². The number of guanidine groups is 1. The highest BCUT2D eigenvalue weighted by molar-refractivity contribution is 6.23. The first-order valence-electron chi connectivity index (χ1n) is 10.7. The van der Waals surface area contributed by atoms with Crippen molar-refractivity contribution in [3.05, 3.63) is 52.9 Å². The number of carbonyl (C=O) groups is 3. The lowest BCUT2D eigenvalue weighted by Gasteiger charge is -2.43. The lowest BCUT2D eigenvalue weighted by Crippen LogP contribution is -2.56. The highest BCUT2D eigenvalue weighted by Gasteiger charge is 2.49. The Bertz CT molecular complexity index is 1270. The number of hydrogen-bond acceptors (Lipinski definition) is 8. The quantitative estimate of drug-likeness (QED) is 0.252. The standard InChI is InChI=1S/C22H22F2N6O6/c1-26-22(25)29-6-4-28(5-7-29)18-15(21(35)36)17(32)14-16(31)11(20(33)34)9-30(19(14)27-18)13-3-2-10(23)8-12(13)24/h2-3,8-9,14,19,32H,4-7H2,1H3,(H2,25,26)(H,33,34)(H,35,36). The summed E-state index contributed by atoms with van der Waals surface area (Å²) in [6, 6.07) is 2.53. The fraction of sp³-hybridized carbons (Fsp3) is 0.318. The molecule has 14 heteroatoms. The van der Waals surface area contributed by atoms with Crippen molar-refractivity contribution in [1.29, 1.82) is 0 Å². The Labute approximate surface area is 202 Å². The number of carboxylic acids is 2. The summed E-state index contributed by atoms with van der Waals surface area (Å²) in [6.07, 6.45) is -0.586. The molecule has 3 heterocycles. The van der Waals surface area contributed by atoms with E-state index in [2.05, 4.69) is 9.98 Å². The molecule has 2 unspecified atom stereocenters. The van der Waals surface area contributed by atoms with Crippen LogP contribution in [0.4, 0.5) is 14.5 Å². The maximum absolute atomic E-state index is 14.7. The first-order chi connectivity index (χ1) is 17.0. The first kappa shape index (κ1) is 24.6. The molecule has 0 spiro atoms. The lowest BCUT2D eigenvalue weighted by atomic mass is 9.84. The molecule has 0 amide bonds. The van der Waals surface area contributed by atoms with Crippen LogP contribution in [0.1, 0.15) is 0 Å². The Morgan fingerprint density at radius 3 is 2.36 bits per heavy atom. The number of carboxylic acid groups (broad SMARTS) is 2. The predicted octanol–water partition coefficient (Wildman–Crippen LogP) is 0.136. The topological polar surface area (TPSA) is 172 Å². The van der Waals surface area contributed by atoms with Crippen LogP contribution in [0.5, 0.6) is 0 Å². The number of anilines is 1. The summed E-state index contributed by atoms with van der Waals surface area (Å²) >= 11 is 0. The Morgan fingerprint density at radius 1 is 1.14 bits per heavy atom. The summed E-state index contributed by atoms with van der Waals surface area (Å²) < 4.78 is 28.3. The van der Waals surface area contributed by atoms with E-state index in [0.29, 0.717) is 25.1 Å². The summed E-state index contributed by atoms with van der Waals surface area (Å²) in [5, 5.41) is 30.4. The van der Waals surface area contributed by atoms with Gasteiger partial charge in [0.25, 0.3) is 0 Å². The number of halogens is 2. The molecule has 2 atom stereocenters. The van der Waals surface area contributed by atoms with Crippen molar-refractivity contribution in [3.63, 3.8) is 0 Å². The number of hydrogen-bond donors (Lipinski definition) is 4. The van der Waals surface area contributed by atoms with Crippen LogP contribution in [0, 0.1) is 17.6 Å². The molecule has 36 heavy (non-hydrogen) atoms. The van der Waals surface area contributed by atoms with E-state index in [1.807, 2.05) is 0 Å². The molecular formula is C22H22F2N6O6. The van der Waals surface area contributed by atoms with Gasteiger partial charge in [-0.3, -0.25) is 9.79 Å². The van der Waals surface area contributed by atoms with E-state index in [1.54, 1.807) is 9.80 Å². The van der Waals surface area contributed by atoms with Gasteiger partial charge in [-0.1, -0.05) is 0 Å². The van der Waals surface area contributed by atoms with Crippen LogP contribution in [0.3, 0.4) is 0 Å². The smallest absolute Gasteiger partial charge is 0.342 e. The van der Waals surface area contributed by atoms with Crippen molar-refractivity contribution < 1.29 is 38.5 Å². The molecule has 1 aromatic carbocycles. The maximum atomic E-state index is 14.7. The number of nitrogens with zero attached hydrogens (tertiary/aromatic N) is 5. The van der Waals surface area contributed by atoms with Gasteiger partial charge in [-0.2, -0.15) is 0 Å². The zero-order valence-electron chi connectivity index (χ0n) is 18.9. The Kier molecular flexibility index (Phi) is 6.35. The lowest BCUT2D eigenvalue weighted by molar-refractivity contribution is -0.135. The molecule has 0 saturated carbocycles. The van der Waals surface area contributed by atoms with Gasteiger partial charge in [-0.15, -0.1) is 0 Å². The molecule has 0 aliphatic carbocycles. The minimum Gasteiger partial charge on any atom is -0.510 e. The third kappa shape index (κ3) is 4.10. The van der Waals surface area contributed by atoms with E-state index in [9.17, 15) is 38.5 Å². The third-order valence-corrected chi connectivity index (χ3v) is 6.19. The van der Waals surface area contributed by atoms with Crippen LogP contribution in [-0.2, 0) is 14.4 Å². The predicted molar refractivity (Wildman–Crippen MR) is 122 cm³/mol. The normalized spacial score (nSPS) is 22.8. The zero-order valence-corrected chi connectivity index (χ0v) is 18.9. The van der Waals surface area contributed by atoms with Crippen LogP contribution in [-0.4, -0.2) is 94.0 Å². The maximum Gasteiger partial charge on any atom is 0.342 e. The minimum absolute atomic E-state index is 0.166. The van der Waals surface area contributed by atoms with Gasteiger partial charge in [-0.05, 0) is 12.1 Å². The Balaban J connectivity index is 1.84. The minimum atomic E-state index is -1.75. The van der Waals surface area contributed by atoms with E-state index >= 15 is 0 Å².